The molecule has 0 bridgehead atoms. The van der Waals surface area contributed by atoms with Crippen LogP contribution in [0.2, 0.25) is 0 Å². The quantitative estimate of drug-likeness (QED) is 0.858. The highest BCUT2D eigenvalue weighted by Crippen LogP contribution is 2.24. The number of aryl methyl sites for hydroxylation is 2. The first kappa shape index (κ1) is 15.8. The van der Waals surface area contributed by atoms with Crippen LogP contribution in [-0.4, -0.2) is 11.1 Å². The van der Waals surface area contributed by atoms with Gasteiger partial charge in [-0.3, -0.25) is 0 Å². The average Bonchev–Trinajstić information content (AvgIpc) is 2.68. The van der Waals surface area contributed by atoms with E-state index in [1.54, 1.807) is 0 Å². The predicted molar refractivity (Wildman–Crippen MR) is 91.3 cm³/mol. The van der Waals surface area contributed by atoms with E-state index in [1.165, 1.54) is 33.8 Å². The molecule has 2 heteroatoms. The van der Waals surface area contributed by atoms with Crippen LogP contribution in [0.1, 0.15) is 41.9 Å². The third kappa shape index (κ3) is 3.38. The van der Waals surface area contributed by atoms with Crippen molar-refractivity contribution in [2.45, 2.75) is 48.1 Å². The van der Waals surface area contributed by atoms with Crippen LogP contribution in [0.4, 0.5) is 0 Å². The Bertz CT molecular complexity index is 621. The molecular formula is C19H28N2. The van der Waals surface area contributed by atoms with Gasteiger partial charge in [0.1, 0.15) is 0 Å². The predicted octanol–water partition coefficient (Wildman–Crippen LogP) is 4.46. The molecule has 0 fully saturated rings. The van der Waals surface area contributed by atoms with E-state index in [0.717, 1.165) is 13.1 Å². The van der Waals surface area contributed by atoms with Crippen molar-refractivity contribution in [3.05, 3.63) is 52.3 Å². The molecule has 0 radical (unpaired) electrons. The Hall–Kier alpha value is -1.54. The largest absolute Gasteiger partial charge is 0.318 e. The topological polar surface area (TPSA) is 17.0 Å². The lowest BCUT2D eigenvalue weighted by atomic mass is 10.1. The highest BCUT2D eigenvalue weighted by Gasteiger charge is 2.12. The Morgan fingerprint density at radius 2 is 1.81 bits per heavy atom. The summed E-state index contributed by atoms with van der Waals surface area (Å²) in [7, 11) is 0. The fourth-order valence-corrected chi connectivity index (χ4v) is 2.85. The summed E-state index contributed by atoms with van der Waals surface area (Å²) in [5, 5.41) is 3.55. The van der Waals surface area contributed by atoms with Crippen LogP contribution in [0.5, 0.6) is 0 Å². The zero-order valence-corrected chi connectivity index (χ0v) is 14.2. The summed E-state index contributed by atoms with van der Waals surface area (Å²) in [5.74, 6) is 0.688. The third-order valence-electron chi connectivity index (χ3n) is 4.22. The highest BCUT2D eigenvalue weighted by atomic mass is 15.0. The lowest BCUT2D eigenvalue weighted by Gasteiger charge is -2.15. The number of nitrogens with one attached hydrogen (secondary N) is 1. The monoisotopic (exact) mass is 284 g/mol. The number of hydrogen-bond acceptors (Lipinski definition) is 1. The summed E-state index contributed by atoms with van der Waals surface area (Å²) in [5.41, 5.74) is 8.06. The summed E-state index contributed by atoms with van der Waals surface area (Å²) in [6.45, 7) is 15.3. The van der Waals surface area contributed by atoms with E-state index in [9.17, 15) is 0 Å². The van der Waals surface area contributed by atoms with Gasteiger partial charge in [-0.2, -0.15) is 0 Å². The fraction of sp³-hybridized carbons (Fsp3) is 0.474. The van der Waals surface area contributed by atoms with E-state index in [2.05, 4.69) is 75.7 Å². The molecule has 0 aliphatic heterocycles. The van der Waals surface area contributed by atoms with Gasteiger partial charge in [0, 0.05) is 23.6 Å². The molecule has 0 aliphatic carbocycles. The van der Waals surface area contributed by atoms with Gasteiger partial charge in [0.15, 0.2) is 0 Å². The molecule has 0 atom stereocenters. The molecule has 114 valence electrons. The zero-order valence-electron chi connectivity index (χ0n) is 14.2. The number of hydrogen-bond donors (Lipinski definition) is 1. The van der Waals surface area contributed by atoms with Crippen LogP contribution in [0.15, 0.2) is 24.3 Å². The van der Waals surface area contributed by atoms with E-state index in [-0.39, 0.29) is 0 Å². The molecule has 1 aromatic carbocycles. The van der Waals surface area contributed by atoms with Crippen molar-refractivity contribution < 1.29 is 0 Å². The molecule has 0 spiro atoms. The van der Waals surface area contributed by atoms with Crippen molar-refractivity contribution in [1.82, 2.24) is 9.88 Å². The first-order chi connectivity index (χ1) is 9.91. The SMILES string of the molecule is Cc1cccc(-n2c(C)cc(CNCC(C)C)c2C)c1C. The Balaban J connectivity index is 2.33. The summed E-state index contributed by atoms with van der Waals surface area (Å²) in [6, 6.07) is 8.85. The third-order valence-corrected chi connectivity index (χ3v) is 4.22. The van der Waals surface area contributed by atoms with Crippen molar-refractivity contribution >= 4 is 0 Å². The Labute approximate surface area is 129 Å². The smallest absolute Gasteiger partial charge is 0.0486 e. The Morgan fingerprint density at radius 3 is 2.48 bits per heavy atom. The lowest BCUT2D eigenvalue weighted by Crippen LogP contribution is -2.19. The average molecular weight is 284 g/mol. The van der Waals surface area contributed by atoms with Crippen molar-refractivity contribution in [3.8, 4) is 5.69 Å². The maximum absolute atomic E-state index is 3.55. The van der Waals surface area contributed by atoms with Gasteiger partial charge in [0.2, 0.25) is 0 Å². The van der Waals surface area contributed by atoms with Gasteiger partial charge in [-0.25, -0.2) is 0 Å². The van der Waals surface area contributed by atoms with Gasteiger partial charge in [-0.1, -0.05) is 26.0 Å². The van der Waals surface area contributed by atoms with Crippen LogP contribution < -0.4 is 5.32 Å². The van der Waals surface area contributed by atoms with Crippen molar-refractivity contribution in [3.63, 3.8) is 0 Å². The van der Waals surface area contributed by atoms with Gasteiger partial charge in [0.05, 0.1) is 0 Å². The van der Waals surface area contributed by atoms with Crippen LogP contribution >= 0.6 is 0 Å². The second kappa shape index (κ2) is 6.48. The lowest BCUT2D eigenvalue weighted by molar-refractivity contribution is 0.551. The van der Waals surface area contributed by atoms with E-state index < -0.39 is 0 Å². The van der Waals surface area contributed by atoms with Crippen molar-refractivity contribution in [1.29, 1.82) is 0 Å². The van der Waals surface area contributed by atoms with Crippen LogP contribution in [0, 0.1) is 33.6 Å². The van der Waals surface area contributed by atoms with Crippen LogP contribution in [0.25, 0.3) is 5.69 Å². The molecular weight excluding hydrogens is 256 g/mol. The van der Waals surface area contributed by atoms with E-state index in [0.29, 0.717) is 5.92 Å². The molecule has 2 rings (SSSR count). The van der Waals surface area contributed by atoms with Crippen molar-refractivity contribution in [2.24, 2.45) is 5.92 Å². The molecule has 0 unspecified atom stereocenters. The van der Waals surface area contributed by atoms with E-state index in [1.807, 2.05) is 0 Å². The molecule has 1 N–H and O–H groups in total. The first-order valence-electron chi connectivity index (χ1n) is 7.87. The summed E-state index contributed by atoms with van der Waals surface area (Å²) < 4.78 is 2.38. The van der Waals surface area contributed by atoms with Gasteiger partial charge in [-0.15, -0.1) is 0 Å². The van der Waals surface area contributed by atoms with Gasteiger partial charge < -0.3 is 9.88 Å². The highest BCUT2D eigenvalue weighted by molar-refractivity contribution is 5.49. The molecule has 1 aromatic heterocycles. The van der Waals surface area contributed by atoms with Gasteiger partial charge >= 0.3 is 0 Å². The fourth-order valence-electron chi connectivity index (χ4n) is 2.85. The first-order valence-corrected chi connectivity index (χ1v) is 7.87. The molecule has 2 nitrogen and oxygen atoms in total. The van der Waals surface area contributed by atoms with Crippen LogP contribution in [-0.2, 0) is 6.54 Å². The second-order valence-electron chi connectivity index (χ2n) is 6.48. The Kier molecular flexibility index (Phi) is 4.89. The van der Waals surface area contributed by atoms with E-state index in [4.69, 9.17) is 0 Å². The van der Waals surface area contributed by atoms with Crippen molar-refractivity contribution in [2.75, 3.05) is 6.54 Å². The number of rotatable bonds is 5. The maximum Gasteiger partial charge on any atom is 0.0486 e. The van der Waals surface area contributed by atoms with Gasteiger partial charge in [0.25, 0.3) is 0 Å². The van der Waals surface area contributed by atoms with E-state index >= 15 is 0 Å². The maximum atomic E-state index is 3.55. The molecule has 2 aromatic rings. The summed E-state index contributed by atoms with van der Waals surface area (Å²) in [4.78, 5) is 0. The Morgan fingerprint density at radius 1 is 1.10 bits per heavy atom. The molecule has 0 amide bonds. The number of nitrogens with zero attached hydrogens (tertiary/aromatic N) is 1. The van der Waals surface area contributed by atoms with Gasteiger partial charge in [-0.05, 0) is 69.0 Å². The molecule has 0 saturated carbocycles. The standard InChI is InChI=1S/C19H28N2/c1-13(2)11-20-12-18-10-15(4)21(17(18)6)19-9-7-8-14(3)16(19)5/h7-10,13,20H,11-12H2,1-6H3. The summed E-state index contributed by atoms with van der Waals surface area (Å²) in [6.07, 6.45) is 0. The minimum atomic E-state index is 0.688. The molecule has 0 saturated heterocycles. The summed E-state index contributed by atoms with van der Waals surface area (Å²) >= 11 is 0. The molecule has 21 heavy (non-hydrogen) atoms. The number of benzene rings is 1. The number of aromatic nitrogens is 1. The molecule has 0 aliphatic rings. The van der Waals surface area contributed by atoms with Crippen LogP contribution in [0.3, 0.4) is 0 Å². The zero-order chi connectivity index (χ0) is 15.6. The minimum absolute atomic E-state index is 0.688. The second-order valence-corrected chi connectivity index (χ2v) is 6.48. The normalized spacial score (nSPS) is 11.4. The molecule has 1 heterocycles. The minimum Gasteiger partial charge on any atom is -0.318 e.